The lowest BCUT2D eigenvalue weighted by Crippen LogP contribution is -2.31. The number of rotatable bonds is 9. The van der Waals surface area contributed by atoms with Crippen molar-refractivity contribution in [3.05, 3.63) is 80.4 Å². The summed E-state index contributed by atoms with van der Waals surface area (Å²) in [5, 5.41) is 26.6. The van der Waals surface area contributed by atoms with Gasteiger partial charge in [0.1, 0.15) is 5.69 Å². The fourth-order valence-electron chi connectivity index (χ4n) is 4.25. The number of aryl methyl sites for hydroxylation is 1. The molecule has 3 rings (SSSR count). The molecule has 41 heavy (non-hydrogen) atoms. The van der Waals surface area contributed by atoms with Crippen LogP contribution in [0.25, 0.3) is 0 Å². The zero-order valence-electron chi connectivity index (χ0n) is 22.6. The highest BCUT2D eigenvalue weighted by Crippen LogP contribution is 2.43. The van der Waals surface area contributed by atoms with E-state index in [1.54, 1.807) is 24.3 Å². The van der Waals surface area contributed by atoms with Crippen molar-refractivity contribution < 1.29 is 18.3 Å². The summed E-state index contributed by atoms with van der Waals surface area (Å²) in [6, 6.07) is 9.94. The number of nitrogens with one attached hydrogen (secondary N) is 1. The summed E-state index contributed by atoms with van der Waals surface area (Å²) in [5.41, 5.74) is 3.01. The molecule has 1 aliphatic heterocycles. The Kier molecular flexibility index (Phi) is 15.0. The van der Waals surface area contributed by atoms with Crippen LogP contribution in [-0.2, 0) is 10.0 Å². The molecule has 0 radical (unpaired) electrons. The van der Waals surface area contributed by atoms with Gasteiger partial charge in [-0.1, -0.05) is 36.8 Å². The SMILES string of the molecule is C=C(C)[C@@H]1CN(S(=O)(=O)c2ccc(C)cc2)C[C@]1(C)C/C=N/Nc1ccc([N+](=O)[O-])cc1[N+](=O)[O-].ClCCl.ClCCl. The minimum atomic E-state index is -3.69. The molecule has 226 valence electrons. The third kappa shape index (κ3) is 10.4. The van der Waals surface area contributed by atoms with Gasteiger partial charge in [0.05, 0.1) is 31.5 Å². The standard InChI is InChI=1S/C23H27N5O6S.2CH2Cl2/c1-16(2)20-14-26(35(33,34)19-8-5-17(3)6-9-19)15-23(20,4)11-12-24-25-21-10-7-18(27(29)30)13-22(21)28(31)32;2*2-1-3/h5-10,12-13,20,25H,1,11,14-15H2,2-4H3;2*1H2/b24-12+;;/t20-,23-;;/m0../s1. The van der Waals surface area contributed by atoms with Crippen LogP contribution in [0.5, 0.6) is 0 Å². The number of non-ortho nitro benzene ring substituents is 1. The molecule has 0 unspecified atom stereocenters. The van der Waals surface area contributed by atoms with Gasteiger partial charge in [0.15, 0.2) is 0 Å². The van der Waals surface area contributed by atoms with Crippen molar-refractivity contribution in [3.63, 3.8) is 0 Å². The van der Waals surface area contributed by atoms with Gasteiger partial charge in [0.2, 0.25) is 10.0 Å². The predicted molar refractivity (Wildman–Crippen MR) is 166 cm³/mol. The van der Waals surface area contributed by atoms with E-state index in [0.717, 1.165) is 23.3 Å². The lowest BCUT2D eigenvalue weighted by Gasteiger charge is -2.29. The maximum atomic E-state index is 13.2. The quantitative estimate of drug-likeness (QED) is 0.0964. The molecule has 1 N–H and O–H groups in total. The fraction of sp³-hybridized carbons (Fsp3) is 0.400. The average Bonchev–Trinajstić information content (AvgIpc) is 3.26. The van der Waals surface area contributed by atoms with Crippen LogP contribution < -0.4 is 5.43 Å². The molecule has 2 aromatic carbocycles. The molecule has 0 amide bonds. The second kappa shape index (κ2) is 16.8. The Morgan fingerprint density at radius 3 is 2.17 bits per heavy atom. The Morgan fingerprint density at radius 2 is 1.68 bits per heavy atom. The van der Waals surface area contributed by atoms with Crippen LogP contribution in [0.15, 0.2) is 64.6 Å². The summed E-state index contributed by atoms with van der Waals surface area (Å²) in [6.45, 7) is 10.3. The van der Waals surface area contributed by atoms with Crippen molar-refractivity contribution in [1.29, 1.82) is 0 Å². The highest BCUT2D eigenvalue weighted by molar-refractivity contribution is 7.89. The monoisotopic (exact) mass is 669 g/mol. The van der Waals surface area contributed by atoms with E-state index in [1.807, 2.05) is 20.8 Å². The van der Waals surface area contributed by atoms with E-state index in [0.29, 0.717) is 6.42 Å². The molecule has 2 aromatic rings. The van der Waals surface area contributed by atoms with E-state index < -0.39 is 36.7 Å². The lowest BCUT2D eigenvalue weighted by atomic mass is 9.74. The van der Waals surface area contributed by atoms with Gasteiger partial charge in [-0.3, -0.25) is 25.7 Å². The van der Waals surface area contributed by atoms with E-state index in [9.17, 15) is 28.6 Å². The molecule has 0 aliphatic carbocycles. The van der Waals surface area contributed by atoms with Gasteiger partial charge >= 0.3 is 5.69 Å². The van der Waals surface area contributed by atoms with E-state index >= 15 is 0 Å². The number of anilines is 1. The number of hydrogen-bond acceptors (Lipinski definition) is 8. The van der Waals surface area contributed by atoms with Gasteiger partial charge in [-0.25, -0.2) is 8.42 Å². The molecule has 2 atom stereocenters. The molecule has 0 bridgehead atoms. The number of sulfonamides is 1. The lowest BCUT2D eigenvalue weighted by molar-refractivity contribution is -0.393. The first-order valence-electron chi connectivity index (χ1n) is 11.8. The summed E-state index contributed by atoms with van der Waals surface area (Å²) < 4.78 is 27.9. The van der Waals surface area contributed by atoms with Crippen molar-refractivity contribution >= 4 is 79.7 Å². The minimum Gasteiger partial charge on any atom is -0.272 e. The molecule has 0 spiro atoms. The highest BCUT2D eigenvalue weighted by Gasteiger charge is 2.46. The minimum absolute atomic E-state index is 0.00783. The first kappa shape index (κ1) is 36.5. The first-order chi connectivity index (χ1) is 19.2. The summed E-state index contributed by atoms with van der Waals surface area (Å²) in [5.74, 6) is -0.122. The maximum absolute atomic E-state index is 13.2. The Bertz CT molecular complexity index is 1340. The Balaban J connectivity index is 0.00000129. The third-order valence-electron chi connectivity index (χ3n) is 6.24. The van der Waals surface area contributed by atoms with Gasteiger partial charge in [-0.2, -0.15) is 9.41 Å². The fourth-order valence-corrected chi connectivity index (χ4v) is 5.84. The molecule has 11 nitrogen and oxygen atoms in total. The summed E-state index contributed by atoms with van der Waals surface area (Å²) >= 11 is 19.1. The van der Waals surface area contributed by atoms with Gasteiger partial charge in [0, 0.05) is 31.3 Å². The third-order valence-corrected chi connectivity index (χ3v) is 8.07. The number of benzene rings is 2. The number of alkyl halides is 4. The van der Waals surface area contributed by atoms with Crippen LogP contribution in [-0.4, -0.2) is 52.6 Å². The molecule has 1 aliphatic rings. The largest absolute Gasteiger partial charge is 0.301 e. The van der Waals surface area contributed by atoms with Gasteiger partial charge < -0.3 is 0 Å². The zero-order chi connectivity index (χ0) is 31.4. The van der Waals surface area contributed by atoms with Crippen LogP contribution in [0.1, 0.15) is 25.8 Å². The highest BCUT2D eigenvalue weighted by atomic mass is 35.5. The van der Waals surface area contributed by atoms with E-state index in [-0.39, 0.29) is 40.3 Å². The van der Waals surface area contributed by atoms with Crippen LogP contribution >= 0.6 is 46.4 Å². The Morgan fingerprint density at radius 1 is 1.12 bits per heavy atom. The van der Waals surface area contributed by atoms with Crippen molar-refractivity contribution in [2.24, 2.45) is 16.4 Å². The number of halogens is 4. The van der Waals surface area contributed by atoms with E-state index in [4.69, 9.17) is 46.4 Å². The van der Waals surface area contributed by atoms with E-state index in [2.05, 4.69) is 17.1 Å². The molecule has 1 fully saturated rings. The van der Waals surface area contributed by atoms with Crippen LogP contribution in [0.2, 0.25) is 0 Å². The summed E-state index contributed by atoms with van der Waals surface area (Å²) in [4.78, 5) is 21.0. The van der Waals surface area contributed by atoms with Crippen molar-refractivity contribution in [2.75, 3.05) is 29.2 Å². The molecule has 1 heterocycles. The second-order valence-corrected chi connectivity index (χ2v) is 12.8. The topological polar surface area (TPSA) is 148 Å². The molecular formula is C25H31Cl4N5O6S. The van der Waals surface area contributed by atoms with Gasteiger partial charge in [0.25, 0.3) is 5.69 Å². The normalized spacial score (nSPS) is 18.6. The maximum Gasteiger partial charge on any atom is 0.301 e. The molecular weight excluding hydrogens is 640 g/mol. The zero-order valence-corrected chi connectivity index (χ0v) is 26.4. The Labute approximate surface area is 259 Å². The predicted octanol–water partition coefficient (Wildman–Crippen LogP) is 7.35. The number of hydrogen-bond donors (Lipinski definition) is 1. The van der Waals surface area contributed by atoms with Crippen molar-refractivity contribution in [1.82, 2.24) is 4.31 Å². The summed E-state index contributed by atoms with van der Waals surface area (Å²) in [7, 11) is -3.69. The Hall–Kier alpha value is -2.48. The van der Waals surface area contributed by atoms with Crippen LogP contribution in [0.4, 0.5) is 17.1 Å². The molecule has 0 aromatic heterocycles. The van der Waals surface area contributed by atoms with Crippen molar-refractivity contribution in [3.8, 4) is 0 Å². The van der Waals surface area contributed by atoms with E-state index in [1.165, 1.54) is 16.6 Å². The van der Waals surface area contributed by atoms with Crippen molar-refractivity contribution in [2.45, 2.75) is 32.1 Å². The molecule has 16 heteroatoms. The molecule has 0 saturated carbocycles. The number of hydrazone groups is 1. The van der Waals surface area contributed by atoms with Crippen LogP contribution in [0, 0.1) is 38.5 Å². The van der Waals surface area contributed by atoms with Crippen LogP contribution in [0.3, 0.4) is 0 Å². The average molecular weight is 671 g/mol. The molecule has 1 saturated heterocycles. The number of nitrogens with zero attached hydrogens (tertiary/aromatic N) is 4. The second-order valence-electron chi connectivity index (χ2n) is 9.21. The number of nitro benzene ring substituents is 2. The number of nitro groups is 2. The smallest absolute Gasteiger partial charge is 0.272 e. The first-order valence-corrected chi connectivity index (χ1v) is 15.4. The summed E-state index contributed by atoms with van der Waals surface area (Å²) in [6.07, 6.45) is 1.90. The van der Waals surface area contributed by atoms with Gasteiger partial charge in [-0.15, -0.1) is 46.4 Å². The van der Waals surface area contributed by atoms with Gasteiger partial charge in [-0.05, 0) is 43.9 Å².